The van der Waals surface area contributed by atoms with Crippen LogP contribution < -0.4 is 0 Å². The van der Waals surface area contributed by atoms with Crippen LogP contribution >= 0.6 is 0 Å². The summed E-state index contributed by atoms with van der Waals surface area (Å²) < 4.78 is 0. The summed E-state index contributed by atoms with van der Waals surface area (Å²) in [5.41, 5.74) is 1.77. The van der Waals surface area contributed by atoms with Crippen LogP contribution in [-0.4, -0.2) is 5.78 Å². The molecule has 0 aromatic heterocycles. The van der Waals surface area contributed by atoms with Gasteiger partial charge >= 0.3 is 17.1 Å². The Morgan fingerprint density at radius 3 is 2.48 bits per heavy atom. The zero-order valence-corrected chi connectivity index (χ0v) is 14.9. The second-order valence-corrected chi connectivity index (χ2v) is 5.52. The molecule has 0 N–H and O–H groups in total. The number of allylic oxidation sites excluding steroid dienone is 10. The van der Waals surface area contributed by atoms with Crippen LogP contribution in [0.4, 0.5) is 0 Å². The largest absolute Gasteiger partial charge is 2.00 e. The minimum atomic E-state index is 0. The quantitative estimate of drug-likeness (QED) is 0.300. The summed E-state index contributed by atoms with van der Waals surface area (Å²) in [5.74, 6) is 0.0342. The Hall–Kier alpha value is -2.41. The van der Waals surface area contributed by atoms with E-state index in [1.54, 1.807) is 6.08 Å². The van der Waals surface area contributed by atoms with Gasteiger partial charge in [0, 0.05) is 5.56 Å². The molecule has 0 heterocycles. The molecule has 0 spiro atoms. The summed E-state index contributed by atoms with van der Waals surface area (Å²) in [7, 11) is 0. The first-order valence-electron chi connectivity index (χ1n) is 8.03. The van der Waals surface area contributed by atoms with Gasteiger partial charge in [-0.2, -0.15) is 17.7 Å². The summed E-state index contributed by atoms with van der Waals surface area (Å²) >= 11 is 0. The van der Waals surface area contributed by atoms with E-state index in [0.717, 1.165) is 34.8 Å². The van der Waals surface area contributed by atoms with E-state index in [4.69, 9.17) is 0 Å². The van der Waals surface area contributed by atoms with Crippen LogP contribution in [0.1, 0.15) is 23.2 Å². The fraction of sp³-hybridized carbons (Fsp3) is 0.0870. The number of hydrogen-bond donors (Lipinski definition) is 0. The number of hydrogen-bond acceptors (Lipinski definition) is 1. The van der Waals surface area contributed by atoms with E-state index in [1.165, 1.54) is 0 Å². The molecule has 124 valence electrons. The molecule has 0 fully saturated rings. The molecule has 2 aromatic rings. The maximum atomic E-state index is 12.1. The van der Waals surface area contributed by atoms with Crippen molar-refractivity contribution < 1.29 is 21.9 Å². The Kier molecular flexibility index (Phi) is 7.40. The number of fused-ring (bicyclic) bond motifs is 1. The minimum Gasteiger partial charge on any atom is -0.289 e. The molecule has 2 aliphatic rings. The summed E-state index contributed by atoms with van der Waals surface area (Å²) in [5, 5.41) is 2.24. The molecule has 0 radical (unpaired) electrons. The summed E-state index contributed by atoms with van der Waals surface area (Å²) in [6, 6.07) is 13.8. The van der Waals surface area contributed by atoms with Crippen LogP contribution in [0.3, 0.4) is 0 Å². The number of carbonyl (C=O) groups excluding carboxylic acids is 1. The van der Waals surface area contributed by atoms with E-state index in [-0.39, 0.29) is 22.9 Å². The molecule has 0 atom stereocenters. The molecule has 2 aliphatic carbocycles. The van der Waals surface area contributed by atoms with Crippen LogP contribution in [0.2, 0.25) is 0 Å². The predicted molar refractivity (Wildman–Crippen MR) is 99.5 cm³/mol. The van der Waals surface area contributed by atoms with E-state index in [0.29, 0.717) is 0 Å². The van der Waals surface area contributed by atoms with Crippen LogP contribution in [0.15, 0.2) is 90.6 Å². The van der Waals surface area contributed by atoms with E-state index in [1.807, 2.05) is 72.8 Å². The van der Waals surface area contributed by atoms with Crippen LogP contribution in [-0.2, 0) is 17.1 Å². The molecule has 0 aliphatic heterocycles. The third-order valence-corrected chi connectivity index (χ3v) is 3.77. The fourth-order valence-corrected chi connectivity index (χ4v) is 2.48. The van der Waals surface area contributed by atoms with Crippen molar-refractivity contribution >= 4 is 16.6 Å². The normalized spacial score (nSPS) is 14.3. The van der Waals surface area contributed by atoms with Crippen LogP contribution in [0.25, 0.3) is 10.8 Å². The third kappa shape index (κ3) is 5.56. The van der Waals surface area contributed by atoms with Crippen molar-refractivity contribution in [3.63, 3.8) is 0 Å². The van der Waals surface area contributed by atoms with Crippen molar-refractivity contribution in [1.82, 2.24) is 0 Å². The van der Waals surface area contributed by atoms with Crippen molar-refractivity contribution in [2.75, 3.05) is 0 Å². The number of carbonyl (C=O) groups is 1. The van der Waals surface area contributed by atoms with Gasteiger partial charge in [0.05, 0.1) is 0 Å². The van der Waals surface area contributed by atoms with Crippen molar-refractivity contribution in [1.29, 1.82) is 0 Å². The van der Waals surface area contributed by atoms with Crippen molar-refractivity contribution in [2.24, 2.45) is 0 Å². The van der Waals surface area contributed by atoms with Gasteiger partial charge in [0.2, 0.25) is 0 Å². The predicted octanol–water partition coefficient (Wildman–Crippen LogP) is 5.57. The molecule has 0 saturated carbocycles. The zero-order chi connectivity index (χ0) is 16.6. The van der Waals surface area contributed by atoms with E-state index < -0.39 is 0 Å². The molecule has 0 bridgehead atoms. The average molecular weight is 366 g/mol. The molecule has 0 unspecified atom stereocenters. The van der Waals surface area contributed by atoms with Crippen molar-refractivity contribution in [2.45, 2.75) is 12.8 Å². The maximum absolute atomic E-state index is 12.1. The second kappa shape index (κ2) is 9.78. The maximum Gasteiger partial charge on any atom is 2.00 e. The average Bonchev–Trinajstić information content (AvgIpc) is 3.35. The molecular formula is C23H18FeO. The van der Waals surface area contributed by atoms with Gasteiger partial charge in [-0.15, -0.1) is 18.9 Å². The number of rotatable bonds is 3. The van der Waals surface area contributed by atoms with Gasteiger partial charge in [-0.05, 0) is 22.9 Å². The topological polar surface area (TPSA) is 17.1 Å². The van der Waals surface area contributed by atoms with Gasteiger partial charge in [-0.3, -0.25) is 16.9 Å². The van der Waals surface area contributed by atoms with Crippen molar-refractivity contribution in [3.8, 4) is 0 Å². The van der Waals surface area contributed by atoms with Gasteiger partial charge in [-0.1, -0.05) is 36.4 Å². The molecule has 4 rings (SSSR count). The Labute approximate surface area is 159 Å². The first kappa shape index (κ1) is 18.9. The summed E-state index contributed by atoms with van der Waals surface area (Å²) in [6.45, 7) is 0. The second-order valence-electron chi connectivity index (χ2n) is 5.52. The minimum absolute atomic E-state index is 0. The van der Waals surface area contributed by atoms with Crippen molar-refractivity contribution in [3.05, 3.63) is 108 Å². The molecule has 1 nitrogen and oxygen atoms in total. The van der Waals surface area contributed by atoms with Crippen LogP contribution in [0, 0.1) is 12.2 Å². The molecule has 25 heavy (non-hydrogen) atoms. The SMILES string of the molecule is O=C(/C=C/C1=CC[C-]=C1)c1ccc2ccccc2c1.[C-]1=CC=CC1.[Fe+2]. The Morgan fingerprint density at radius 1 is 1.00 bits per heavy atom. The monoisotopic (exact) mass is 366 g/mol. The summed E-state index contributed by atoms with van der Waals surface area (Å²) in [4.78, 5) is 12.1. The zero-order valence-electron chi connectivity index (χ0n) is 13.8. The van der Waals surface area contributed by atoms with Gasteiger partial charge in [0.1, 0.15) is 0 Å². The molecule has 0 amide bonds. The fourth-order valence-electron chi connectivity index (χ4n) is 2.48. The first-order chi connectivity index (χ1) is 11.8. The molecule has 0 saturated heterocycles. The third-order valence-electron chi connectivity index (χ3n) is 3.77. The van der Waals surface area contributed by atoms with E-state index >= 15 is 0 Å². The smallest absolute Gasteiger partial charge is 0.289 e. The van der Waals surface area contributed by atoms with E-state index in [2.05, 4.69) is 18.2 Å². The Balaban J connectivity index is 0.000000325. The summed E-state index contributed by atoms with van der Waals surface area (Å²) in [6.07, 6.45) is 21.3. The van der Waals surface area contributed by atoms with Gasteiger partial charge < -0.3 is 0 Å². The molecule has 2 heteroatoms. The molecular weight excluding hydrogens is 348 g/mol. The molecule has 2 aromatic carbocycles. The van der Waals surface area contributed by atoms with Gasteiger partial charge in [0.25, 0.3) is 0 Å². The first-order valence-corrected chi connectivity index (χ1v) is 8.03. The standard InChI is InChI=1S/C18H13O.C5H5.Fe/c19-18(12-9-14-5-1-2-6-14)17-11-10-15-7-3-4-8-16(15)13-17;1-2-4-5-3-1;/h3-13H,1H2;1-3H,4H2;/q2*-1;+2/b12-9+;;. The number of ketones is 1. The Bertz CT molecular complexity index is 872. The number of benzene rings is 2. The van der Waals surface area contributed by atoms with Gasteiger partial charge in [0.15, 0.2) is 5.78 Å². The Morgan fingerprint density at radius 2 is 1.84 bits per heavy atom. The van der Waals surface area contributed by atoms with E-state index in [9.17, 15) is 4.79 Å². The van der Waals surface area contributed by atoms with Gasteiger partial charge in [-0.25, -0.2) is 18.2 Å². The van der Waals surface area contributed by atoms with Crippen LogP contribution in [0.5, 0.6) is 0 Å².